The molecule has 0 saturated heterocycles. The van der Waals surface area contributed by atoms with Gasteiger partial charge >= 0.3 is 0 Å². The van der Waals surface area contributed by atoms with Crippen LogP contribution in [0.4, 0.5) is 0 Å². The summed E-state index contributed by atoms with van der Waals surface area (Å²) in [6, 6.07) is 0. The van der Waals surface area contributed by atoms with Crippen LogP contribution in [0, 0.1) is 0 Å². The van der Waals surface area contributed by atoms with E-state index in [9.17, 15) is 0 Å². The molecule has 0 heterocycles. The van der Waals surface area contributed by atoms with Crippen molar-refractivity contribution in [3.63, 3.8) is 0 Å². The Kier molecular flexibility index (Phi) is 6.06. The summed E-state index contributed by atoms with van der Waals surface area (Å²) in [7, 11) is 0. The molecule has 0 aliphatic heterocycles. The average molecular weight is 189 g/mol. The minimum Gasteiger partial charge on any atom is -0.0925 e. The Morgan fingerprint density at radius 2 is 2.22 bits per heavy atom. The summed E-state index contributed by atoms with van der Waals surface area (Å²) in [6.07, 6.45) is 7.53. The van der Waals surface area contributed by atoms with E-state index in [-0.39, 0.29) is 0 Å². The van der Waals surface area contributed by atoms with E-state index in [0.29, 0.717) is 0 Å². The van der Waals surface area contributed by atoms with E-state index in [2.05, 4.69) is 41.1 Å². The smallest absolute Gasteiger partial charge is 0.00660 e. The van der Waals surface area contributed by atoms with Crippen molar-refractivity contribution in [2.45, 2.75) is 20.3 Å². The minimum atomic E-state index is 1.06. The van der Waals surface area contributed by atoms with E-state index >= 15 is 0 Å². The zero-order valence-corrected chi connectivity index (χ0v) is 7.61. The number of hydrogen-bond acceptors (Lipinski definition) is 0. The highest BCUT2D eigenvalue weighted by atomic mass is 79.9. The van der Waals surface area contributed by atoms with Crippen LogP contribution < -0.4 is 0 Å². The third-order valence-corrected chi connectivity index (χ3v) is 1.57. The standard InChI is InChI=1S/C8H13Br/c1-3-8(2)6-4-5-7-9/h3-4,6H,5,7H2,1-2H3/b6-4+,8-3?. The van der Waals surface area contributed by atoms with E-state index in [1.165, 1.54) is 5.57 Å². The van der Waals surface area contributed by atoms with Crippen molar-refractivity contribution in [3.05, 3.63) is 23.8 Å². The molecule has 0 radical (unpaired) electrons. The molecule has 0 saturated carbocycles. The van der Waals surface area contributed by atoms with E-state index in [0.717, 1.165) is 11.8 Å². The molecule has 0 aromatic rings. The fourth-order valence-corrected chi connectivity index (χ4v) is 0.693. The van der Waals surface area contributed by atoms with E-state index < -0.39 is 0 Å². The first-order valence-corrected chi connectivity index (χ1v) is 4.29. The van der Waals surface area contributed by atoms with Crippen LogP contribution in [0.5, 0.6) is 0 Å². The maximum Gasteiger partial charge on any atom is 0.00660 e. The predicted molar refractivity (Wildman–Crippen MR) is 47.0 cm³/mol. The van der Waals surface area contributed by atoms with Crippen molar-refractivity contribution < 1.29 is 0 Å². The molecule has 0 N–H and O–H groups in total. The second-order valence-corrected chi connectivity index (χ2v) is 2.71. The number of hydrogen-bond donors (Lipinski definition) is 0. The molecule has 0 rings (SSSR count). The van der Waals surface area contributed by atoms with Gasteiger partial charge < -0.3 is 0 Å². The first-order valence-electron chi connectivity index (χ1n) is 3.16. The quantitative estimate of drug-likeness (QED) is 0.472. The monoisotopic (exact) mass is 188 g/mol. The van der Waals surface area contributed by atoms with Gasteiger partial charge in [0.2, 0.25) is 0 Å². The Hall–Kier alpha value is -0.0400. The van der Waals surface area contributed by atoms with Gasteiger partial charge in [0.25, 0.3) is 0 Å². The van der Waals surface area contributed by atoms with Gasteiger partial charge in [0.15, 0.2) is 0 Å². The largest absolute Gasteiger partial charge is 0.0925 e. The fourth-order valence-electron chi connectivity index (χ4n) is 0.428. The van der Waals surface area contributed by atoms with E-state index in [4.69, 9.17) is 0 Å². The topological polar surface area (TPSA) is 0 Å². The molecule has 0 bridgehead atoms. The first-order chi connectivity index (χ1) is 4.31. The summed E-state index contributed by atoms with van der Waals surface area (Å²) >= 11 is 3.35. The van der Waals surface area contributed by atoms with E-state index in [1.54, 1.807) is 0 Å². The summed E-state index contributed by atoms with van der Waals surface area (Å²) in [6.45, 7) is 4.15. The molecule has 0 unspecified atom stereocenters. The average Bonchev–Trinajstić information content (AvgIpc) is 1.89. The second kappa shape index (κ2) is 6.09. The first kappa shape index (κ1) is 8.96. The Bertz CT molecular complexity index is 112. The predicted octanol–water partition coefficient (Wildman–Crippen LogP) is 3.29. The molecule has 1 heteroatoms. The zero-order valence-electron chi connectivity index (χ0n) is 6.02. The van der Waals surface area contributed by atoms with Crippen LogP contribution in [-0.4, -0.2) is 5.33 Å². The number of halogens is 1. The molecule has 0 atom stereocenters. The van der Waals surface area contributed by atoms with Gasteiger partial charge in [0.1, 0.15) is 0 Å². The fraction of sp³-hybridized carbons (Fsp3) is 0.500. The lowest BCUT2D eigenvalue weighted by Gasteiger charge is -1.86. The molecule has 0 fully saturated rings. The Morgan fingerprint density at radius 3 is 2.67 bits per heavy atom. The van der Waals surface area contributed by atoms with Crippen LogP contribution in [0.3, 0.4) is 0 Å². The summed E-state index contributed by atoms with van der Waals surface area (Å²) in [5.41, 5.74) is 1.33. The van der Waals surface area contributed by atoms with Crippen molar-refractivity contribution in [3.8, 4) is 0 Å². The summed E-state index contributed by atoms with van der Waals surface area (Å²) in [5.74, 6) is 0. The van der Waals surface area contributed by atoms with Crippen molar-refractivity contribution in [2.24, 2.45) is 0 Å². The third-order valence-electron chi connectivity index (χ3n) is 1.11. The second-order valence-electron chi connectivity index (χ2n) is 1.91. The molecule has 52 valence electrons. The van der Waals surface area contributed by atoms with Gasteiger partial charge in [0.05, 0.1) is 0 Å². The van der Waals surface area contributed by atoms with Crippen molar-refractivity contribution >= 4 is 15.9 Å². The third kappa shape index (κ3) is 5.84. The van der Waals surface area contributed by atoms with Gasteiger partial charge in [0, 0.05) is 5.33 Å². The maximum atomic E-state index is 3.35. The molecule has 9 heavy (non-hydrogen) atoms. The Balaban J connectivity index is 3.45. The van der Waals surface area contributed by atoms with Crippen LogP contribution in [0.15, 0.2) is 23.8 Å². The van der Waals surface area contributed by atoms with Gasteiger partial charge in [-0.25, -0.2) is 0 Å². The van der Waals surface area contributed by atoms with Gasteiger partial charge in [-0.1, -0.05) is 39.7 Å². The normalized spacial score (nSPS) is 13.0. The van der Waals surface area contributed by atoms with Gasteiger partial charge in [-0.15, -0.1) is 0 Å². The lowest BCUT2D eigenvalue weighted by Crippen LogP contribution is -1.67. The molecule has 0 nitrogen and oxygen atoms in total. The van der Waals surface area contributed by atoms with Crippen LogP contribution in [0.1, 0.15) is 20.3 Å². The number of rotatable bonds is 3. The molecule has 0 aliphatic rings. The molecule has 0 spiro atoms. The van der Waals surface area contributed by atoms with Crippen LogP contribution in [0.2, 0.25) is 0 Å². The molecule has 0 aromatic carbocycles. The minimum absolute atomic E-state index is 1.06. The Morgan fingerprint density at radius 1 is 1.56 bits per heavy atom. The van der Waals surface area contributed by atoms with Gasteiger partial charge in [-0.3, -0.25) is 0 Å². The van der Waals surface area contributed by atoms with Gasteiger partial charge in [-0.05, 0) is 20.3 Å². The Labute approximate surface area is 65.8 Å². The number of allylic oxidation sites excluding steroid dienone is 4. The highest BCUT2D eigenvalue weighted by Gasteiger charge is 1.76. The molecular formula is C8H13Br. The molecular weight excluding hydrogens is 176 g/mol. The van der Waals surface area contributed by atoms with Crippen molar-refractivity contribution in [1.29, 1.82) is 0 Å². The summed E-state index contributed by atoms with van der Waals surface area (Å²) in [5, 5.41) is 1.06. The molecule has 0 aliphatic carbocycles. The lowest BCUT2D eigenvalue weighted by atomic mass is 10.2. The van der Waals surface area contributed by atoms with Crippen LogP contribution >= 0.6 is 15.9 Å². The zero-order chi connectivity index (χ0) is 7.11. The highest BCUT2D eigenvalue weighted by molar-refractivity contribution is 9.09. The summed E-state index contributed by atoms with van der Waals surface area (Å²) in [4.78, 5) is 0. The van der Waals surface area contributed by atoms with Gasteiger partial charge in [-0.2, -0.15) is 0 Å². The molecule has 0 aromatic heterocycles. The van der Waals surface area contributed by atoms with E-state index in [1.807, 2.05) is 6.92 Å². The van der Waals surface area contributed by atoms with Crippen molar-refractivity contribution in [2.75, 3.05) is 5.33 Å². The number of alkyl halides is 1. The van der Waals surface area contributed by atoms with Crippen LogP contribution in [-0.2, 0) is 0 Å². The van der Waals surface area contributed by atoms with Crippen molar-refractivity contribution in [1.82, 2.24) is 0 Å². The summed E-state index contributed by atoms with van der Waals surface area (Å²) < 4.78 is 0. The lowest BCUT2D eigenvalue weighted by molar-refractivity contribution is 1.25. The maximum absolute atomic E-state index is 3.35. The SMILES string of the molecule is CC=C(C)/C=C/CCBr. The molecule has 0 amide bonds. The van der Waals surface area contributed by atoms with Crippen LogP contribution in [0.25, 0.3) is 0 Å². The highest BCUT2D eigenvalue weighted by Crippen LogP contribution is 1.96.